The van der Waals surface area contributed by atoms with Crippen LogP contribution in [0.1, 0.15) is 5.56 Å². The molecule has 0 N–H and O–H groups in total. The predicted molar refractivity (Wildman–Crippen MR) is 98.1 cm³/mol. The molecule has 2 heterocycles. The van der Waals surface area contributed by atoms with Crippen molar-refractivity contribution < 1.29 is 23.1 Å². The number of esters is 1. The van der Waals surface area contributed by atoms with Crippen LogP contribution in [0.2, 0.25) is 0 Å². The first-order valence-corrected chi connectivity index (χ1v) is 8.33. The highest BCUT2D eigenvalue weighted by atomic mass is 16.6. The second-order valence-electron chi connectivity index (χ2n) is 5.94. The Morgan fingerprint density at radius 3 is 2.61 bits per heavy atom. The van der Waals surface area contributed by atoms with Crippen LogP contribution in [-0.2, 0) is 4.79 Å². The van der Waals surface area contributed by atoms with Crippen LogP contribution in [0.25, 0.3) is 22.4 Å². The van der Waals surface area contributed by atoms with Crippen molar-refractivity contribution in [3.05, 3.63) is 70.9 Å². The van der Waals surface area contributed by atoms with Gasteiger partial charge in [0.25, 0.3) is 0 Å². The average Bonchev–Trinajstić information content (AvgIpc) is 3.21. The van der Waals surface area contributed by atoms with Crippen molar-refractivity contribution in [3.63, 3.8) is 0 Å². The van der Waals surface area contributed by atoms with Crippen molar-refractivity contribution in [2.24, 2.45) is 0 Å². The fourth-order valence-corrected chi connectivity index (χ4v) is 2.66. The minimum Gasteiger partial charge on any atom is -0.482 e. The van der Waals surface area contributed by atoms with Gasteiger partial charge in [0.1, 0.15) is 17.1 Å². The molecule has 0 unspecified atom stereocenters. The maximum atomic E-state index is 12.0. The Labute approximate surface area is 158 Å². The van der Waals surface area contributed by atoms with Gasteiger partial charge >= 0.3 is 11.6 Å². The number of ether oxygens (including phenoxy) is 2. The van der Waals surface area contributed by atoms with Crippen molar-refractivity contribution in [3.8, 4) is 23.0 Å². The van der Waals surface area contributed by atoms with Crippen LogP contribution in [-0.4, -0.2) is 22.8 Å². The molecule has 0 aliphatic rings. The van der Waals surface area contributed by atoms with E-state index in [9.17, 15) is 9.59 Å². The van der Waals surface area contributed by atoms with Gasteiger partial charge in [-0.25, -0.2) is 9.59 Å². The quantitative estimate of drug-likeness (QED) is 0.296. The Morgan fingerprint density at radius 2 is 1.86 bits per heavy atom. The van der Waals surface area contributed by atoms with E-state index in [1.54, 1.807) is 42.5 Å². The fourth-order valence-electron chi connectivity index (χ4n) is 2.66. The summed E-state index contributed by atoms with van der Waals surface area (Å²) >= 11 is 0. The van der Waals surface area contributed by atoms with Gasteiger partial charge in [0.05, 0.1) is 0 Å². The van der Waals surface area contributed by atoms with E-state index in [-0.39, 0.29) is 6.61 Å². The lowest BCUT2D eigenvalue weighted by Gasteiger charge is -2.08. The van der Waals surface area contributed by atoms with E-state index in [0.717, 1.165) is 10.9 Å². The minimum atomic E-state index is -0.573. The number of benzene rings is 2. The molecule has 2 aromatic carbocycles. The first-order chi connectivity index (χ1) is 13.6. The van der Waals surface area contributed by atoms with Crippen molar-refractivity contribution in [2.75, 3.05) is 6.61 Å². The number of rotatable bonds is 5. The van der Waals surface area contributed by atoms with E-state index in [2.05, 4.69) is 10.2 Å². The summed E-state index contributed by atoms with van der Waals surface area (Å²) in [5.74, 6) is 0.553. The summed E-state index contributed by atoms with van der Waals surface area (Å²) in [6.45, 7) is 1.52. The first kappa shape index (κ1) is 17.5. The molecule has 0 saturated heterocycles. The molecule has 0 fully saturated rings. The average molecular weight is 378 g/mol. The molecule has 8 heteroatoms. The molecule has 0 aliphatic carbocycles. The molecule has 0 atom stereocenters. The largest absolute Gasteiger partial charge is 0.482 e. The third-order valence-corrected chi connectivity index (χ3v) is 3.97. The molecule has 140 valence electrons. The predicted octanol–water partition coefficient (Wildman–Crippen LogP) is 3.14. The number of nitrogens with zero attached hydrogens (tertiary/aromatic N) is 2. The summed E-state index contributed by atoms with van der Waals surface area (Å²) < 4.78 is 20.9. The Balaban J connectivity index is 1.39. The van der Waals surface area contributed by atoms with Gasteiger partial charge in [0.2, 0.25) is 12.3 Å². The van der Waals surface area contributed by atoms with Crippen LogP contribution in [0.4, 0.5) is 0 Å². The van der Waals surface area contributed by atoms with Crippen LogP contribution in [0.3, 0.4) is 0 Å². The van der Waals surface area contributed by atoms with Gasteiger partial charge in [-0.2, -0.15) is 0 Å². The van der Waals surface area contributed by atoms with Crippen molar-refractivity contribution in [2.45, 2.75) is 6.92 Å². The topological polar surface area (TPSA) is 105 Å². The molecule has 0 radical (unpaired) electrons. The lowest BCUT2D eigenvalue weighted by molar-refractivity contribution is -0.136. The Bertz CT molecular complexity index is 1180. The van der Waals surface area contributed by atoms with Crippen molar-refractivity contribution in [1.29, 1.82) is 0 Å². The summed E-state index contributed by atoms with van der Waals surface area (Å²) in [6, 6.07) is 13.1. The third-order valence-electron chi connectivity index (χ3n) is 3.97. The highest BCUT2D eigenvalue weighted by molar-refractivity contribution is 5.81. The van der Waals surface area contributed by atoms with E-state index >= 15 is 0 Å². The monoisotopic (exact) mass is 378 g/mol. The van der Waals surface area contributed by atoms with Gasteiger partial charge in [0.15, 0.2) is 6.61 Å². The van der Waals surface area contributed by atoms with Crippen molar-refractivity contribution in [1.82, 2.24) is 10.2 Å². The zero-order valence-corrected chi connectivity index (χ0v) is 14.7. The standard InChI is InChI=1S/C20H14N2O6/c1-12-8-18(23)28-17-9-15(6-7-16(12)17)25-10-19(24)27-14-4-2-13(3-5-14)20-22-21-11-26-20/h2-9,11H,10H2,1H3. The molecule has 0 aliphatic heterocycles. The maximum absolute atomic E-state index is 12.0. The van der Waals surface area contributed by atoms with E-state index in [4.69, 9.17) is 18.3 Å². The first-order valence-electron chi connectivity index (χ1n) is 8.33. The number of aromatic nitrogens is 2. The molecule has 0 spiro atoms. The molecule has 8 nitrogen and oxygen atoms in total. The fraction of sp³-hybridized carbons (Fsp3) is 0.100. The minimum absolute atomic E-state index is 0.299. The molecule has 4 rings (SSSR count). The van der Waals surface area contributed by atoms with Crippen LogP contribution in [0, 0.1) is 6.92 Å². The second kappa shape index (κ2) is 7.36. The molecule has 0 bridgehead atoms. The Morgan fingerprint density at radius 1 is 1.07 bits per heavy atom. The summed E-state index contributed by atoms with van der Waals surface area (Å²) in [6.07, 6.45) is 1.24. The van der Waals surface area contributed by atoms with Crippen LogP contribution >= 0.6 is 0 Å². The summed E-state index contributed by atoms with van der Waals surface area (Å²) in [5, 5.41) is 8.21. The lowest BCUT2D eigenvalue weighted by atomic mass is 10.1. The zero-order chi connectivity index (χ0) is 19.5. The summed E-state index contributed by atoms with van der Waals surface area (Å²) in [5.41, 5.74) is 1.47. The van der Waals surface area contributed by atoms with Gasteiger partial charge in [-0.15, -0.1) is 10.2 Å². The molecular weight excluding hydrogens is 364 g/mol. The van der Waals surface area contributed by atoms with Crippen LogP contribution in [0.15, 0.2) is 68.6 Å². The Kier molecular flexibility index (Phi) is 4.59. The maximum Gasteiger partial charge on any atom is 0.349 e. The highest BCUT2D eigenvalue weighted by Crippen LogP contribution is 2.23. The molecule has 2 aromatic heterocycles. The van der Waals surface area contributed by atoms with E-state index in [0.29, 0.717) is 28.5 Å². The smallest absolute Gasteiger partial charge is 0.349 e. The van der Waals surface area contributed by atoms with Gasteiger partial charge in [-0.05, 0) is 48.9 Å². The third kappa shape index (κ3) is 3.75. The number of aryl methyl sites for hydroxylation is 1. The van der Waals surface area contributed by atoms with Gasteiger partial charge in [-0.3, -0.25) is 0 Å². The second-order valence-corrected chi connectivity index (χ2v) is 5.94. The number of carbonyl (C=O) groups is 1. The van der Waals surface area contributed by atoms with Gasteiger partial charge in [0, 0.05) is 23.1 Å². The van der Waals surface area contributed by atoms with E-state index in [1.165, 1.54) is 12.5 Å². The molecule has 28 heavy (non-hydrogen) atoms. The van der Waals surface area contributed by atoms with E-state index in [1.807, 2.05) is 6.92 Å². The number of fused-ring (bicyclic) bond motifs is 1. The SMILES string of the molecule is Cc1cc(=O)oc2cc(OCC(=O)Oc3ccc(-c4nnco4)cc3)ccc12. The molecule has 0 amide bonds. The van der Waals surface area contributed by atoms with E-state index < -0.39 is 11.6 Å². The van der Waals surface area contributed by atoms with Gasteiger partial charge in [-0.1, -0.05) is 0 Å². The number of hydrogen-bond acceptors (Lipinski definition) is 8. The Hall–Kier alpha value is -3.94. The number of carbonyl (C=O) groups excluding carboxylic acids is 1. The van der Waals surface area contributed by atoms with Crippen molar-refractivity contribution >= 4 is 16.9 Å². The zero-order valence-electron chi connectivity index (χ0n) is 14.7. The highest BCUT2D eigenvalue weighted by Gasteiger charge is 2.10. The molecule has 4 aromatic rings. The molecular formula is C20H14N2O6. The van der Waals surface area contributed by atoms with Crippen LogP contribution in [0.5, 0.6) is 11.5 Å². The van der Waals surface area contributed by atoms with Gasteiger partial charge < -0.3 is 18.3 Å². The normalized spacial score (nSPS) is 10.8. The van der Waals surface area contributed by atoms with Crippen LogP contribution < -0.4 is 15.1 Å². The molecule has 0 saturated carbocycles. The number of hydrogen-bond donors (Lipinski definition) is 0. The summed E-state index contributed by atoms with van der Waals surface area (Å²) in [4.78, 5) is 23.5. The summed E-state index contributed by atoms with van der Waals surface area (Å²) in [7, 11) is 0. The lowest BCUT2D eigenvalue weighted by Crippen LogP contribution is -2.17.